The lowest BCUT2D eigenvalue weighted by atomic mass is 9.83. The zero-order chi connectivity index (χ0) is 18.6. The van der Waals surface area contributed by atoms with Crippen molar-refractivity contribution in [3.05, 3.63) is 51.5 Å². The number of rotatable bonds is 2. The molecule has 134 valence electrons. The van der Waals surface area contributed by atoms with Gasteiger partial charge in [0.15, 0.2) is 0 Å². The van der Waals surface area contributed by atoms with Crippen molar-refractivity contribution in [2.45, 2.75) is 31.8 Å². The van der Waals surface area contributed by atoms with Gasteiger partial charge in [0.25, 0.3) is 5.56 Å². The van der Waals surface area contributed by atoms with Crippen LogP contribution in [-0.2, 0) is 14.3 Å². The Morgan fingerprint density at radius 1 is 1.19 bits per heavy atom. The molecule has 0 fully saturated rings. The molecule has 0 aliphatic carbocycles. The van der Waals surface area contributed by atoms with Crippen LogP contribution < -0.4 is 15.6 Å². The number of hydrogen-bond donors (Lipinski definition) is 2. The average molecular weight is 354 g/mol. The van der Waals surface area contributed by atoms with E-state index in [0.29, 0.717) is 28.1 Å². The van der Waals surface area contributed by atoms with Crippen LogP contribution >= 0.6 is 0 Å². The van der Waals surface area contributed by atoms with Crippen LogP contribution in [0.15, 0.2) is 40.3 Å². The average Bonchev–Trinajstić information content (AvgIpc) is 2.82. The lowest BCUT2D eigenvalue weighted by Crippen LogP contribution is -2.39. The molecular formula is C19H18N2O5. The third kappa shape index (κ3) is 2.39. The number of aromatic nitrogens is 1. The maximum atomic E-state index is 12.7. The molecule has 0 radical (unpaired) electrons. The number of benzene rings is 1. The Bertz CT molecular complexity index is 1050. The summed E-state index contributed by atoms with van der Waals surface area (Å²) >= 11 is 0. The van der Waals surface area contributed by atoms with E-state index in [2.05, 4.69) is 10.3 Å². The lowest BCUT2D eigenvalue weighted by Gasteiger charge is -2.26. The van der Waals surface area contributed by atoms with Crippen molar-refractivity contribution in [3.8, 4) is 5.75 Å². The van der Waals surface area contributed by atoms with Crippen LogP contribution in [0, 0.1) is 0 Å². The van der Waals surface area contributed by atoms with Gasteiger partial charge in [-0.05, 0) is 38.1 Å². The molecule has 1 unspecified atom stereocenters. The van der Waals surface area contributed by atoms with Gasteiger partial charge in [-0.1, -0.05) is 0 Å². The van der Waals surface area contributed by atoms with Crippen molar-refractivity contribution >= 4 is 22.8 Å². The normalized spacial score (nSPS) is 21.4. The number of aromatic amines is 1. The number of fused-ring (bicyclic) bond motifs is 1. The van der Waals surface area contributed by atoms with Crippen molar-refractivity contribution in [2.75, 3.05) is 7.11 Å². The second-order valence-corrected chi connectivity index (χ2v) is 7.00. The highest BCUT2D eigenvalue weighted by Gasteiger charge is 2.48. The van der Waals surface area contributed by atoms with Crippen LogP contribution in [0.3, 0.4) is 0 Å². The molecule has 1 aromatic carbocycles. The van der Waals surface area contributed by atoms with Gasteiger partial charge in [0.05, 0.1) is 18.4 Å². The molecule has 26 heavy (non-hydrogen) atoms. The predicted octanol–water partition coefficient (Wildman–Crippen LogP) is 1.73. The highest BCUT2D eigenvalue weighted by molar-refractivity contribution is 5.99. The zero-order valence-corrected chi connectivity index (χ0v) is 14.6. The zero-order valence-electron chi connectivity index (χ0n) is 14.6. The van der Waals surface area contributed by atoms with Gasteiger partial charge in [-0.3, -0.25) is 9.59 Å². The molecule has 0 spiro atoms. The summed E-state index contributed by atoms with van der Waals surface area (Å²) in [5, 5.41) is 3.50. The molecule has 1 aromatic heterocycles. The van der Waals surface area contributed by atoms with E-state index in [-0.39, 0.29) is 17.9 Å². The number of methoxy groups -OCH3 is 1. The molecule has 2 N–H and O–H groups in total. The van der Waals surface area contributed by atoms with Gasteiger partial charge in [-0.15, -0.1) is 0 Å². The number of pyridine rings is 1. The van der Waals surface area contributed by atoms with Crippen molar-refractivity contribution in [1.29, 1.82) is 0 Å². The highest BCUT2D eigenvalue weighted by atomic mass is 16.6. The molecule has 1 amide bonds. The molecule has 0 bridgehead atoms. The van der Waals surface area contributed by atoms with Gasteiger partial charge >= 0.3 is 5.97 Å². The first kappa shape index (κ1) is 16.4. The summed E-state index contributed by atoms with van der Waals surface area (Å²) in [5.74, 6) is -0.740. The van der Waals surface area contributed by atoms with E-state index >= 15 is 0 Å². The summed E-state index contributed by atoms with van der Waals surface area (Å²) in [4.78, 5) is 40.1. The maximum Gasteiger partial charge on any atom is 0.337 e. The first-order valence-corrected chi connectivity index (χ1v) is 8.29. The van der Waals surface area contributed by atoms with Gasteiger partial charge in [0.2, 0.25) is 5.91 Å². The van der Waals surface area contributed by atoms with Gasteiger partial charge < -0.3 is 19.8 Å². The quantitative estimate of drug-likeness (QED) is 0.801. The summed E-state index contributed by atoms with van der Waals surface area (Å²) in [6, 6.07) is 7.01. The topological polar surface area (TPSA) is 97.5 Å². The van der Waals surface area contributed by atoms with Crippen LogP contribution in [0.2, 0.25) is 0 Å². The fraction of sp³-hybridized carbons (Fsp3) is 0.316. The third-order valence-corrected chi connectivity index (χ3v) is 4.90. The summed E-state index contributed by atoms with van der Waals surface area (Å²) in [6.07, 6.45) is 0.0164. The Balaban J connectivity index is 1.92. The number of ether oxygens (including phenoxy) is 2. The van der Waals surface area contributed by atoms with Crippen molar-refractivity contribution in [1.82, 2.24) is 10.3 Å². The third-order valence-electron chi connectivity index (χ3n) is 4.90. The summed E-state index contributed by atoms with van der Waals surface area (Å²) < 4.78 is 10.6. The van der Waals surface area contributed by atoms with Crippen molar-refractivity contribution < 1.29 is 19.1 Å². The predicted molar refractivity (Wildman–Crippen MR) is 93.8 cm³/mol. The largest absolute Gasteiger partial charge is 0.497 e. The van der Waals surface area contributed by atoms with Gasteiger partial charge in [-0.25, -0.2) is 4.79 Å². The number of carbonyl (C=O) groups is 2. The fourth-order valence-corrected chi connectivity index (χ4v) is 3.63. The maximum absolute atomic E-state index is 12.7. The van der Waals surface area contributed by atoms with E-state index in [1.54, 1.807) is 45.2 Å². The van der Waals surface area contributed by atoms with Gasteiger partial charge in [-0.2, -0.15) is 0 Å². The molecule has 2 aliphatic heterocycles. The molecule has 2 aromatic rings. The summed E-state index contributed by atoms with van der Waals surface area (Å²) in [5.41, 5.74) is 0.558. The van der Waals surface area contributed by atoms with E-state index in [0.717, 1.165) is 5.39 Å². The fourth-order valence-electron chi connectivity index (χ4n) is 3.63. The Labute approximate surface area is 149 Å². The van der Waals surface area contributed by atoms with Gasteiger partial charge in [0.1, 0.15) is 11.4 Å². The Kier molecular flexibility index (Phi) is 3.44. The van der Waals surface area contributed by atoms with E-state index in [1.165, 1.54) is 0 Å². The molecule has 7 heteroatoms. The van der Waals surface area contributed by atoms with Gasteiger partial charge in [0, 0.05) is 28.8 Å². The standard InChI is InChI=1S/C19H18N2O5/c1-19(2)16-15(18(24)26-19)11(8-14(22)21-16)12-7-9-6-10(25-3)4-5-13(9)20-17(12)23/h4-7,11H,8H2,1-3H3,(H,20,23)(H,21,22). The van der Waals surface area contributed by atoms with Crippen LogP contribution in [-0.4, -0.2) is 29.6 Å². The number of nitrogens with one attached hydrogen (secondary N) is 2. The molecule has 3 heterocycles. The highest BCUT2D eigenvalue weighted by Crippen LogP contribution is 2.42. The Morgan fingerprint density at radius 3 is 2.69 bits per heavy atom. The van der Waals surface area contributed by atoms with E-state index < -0.39 is 17.5 Å². The van der Waals surface area contributed by atoms with Crippen LogP contribution in [0.4, 0.5) is 0 Å². The first-order valence-electron chi connectivity index (χ1n) is 8.29. The second-order valence-electron chi connectivity index (χ2n) is 7.00. The summed E-state index contributed by atoms with van der Waals surface area (Å²) in [6.45, 7) is 3.43. The molecule has 1 atom stereocenters. The minimum absolute atomic E-state index is 0.0164. The summed E-state index contributed by atoms with van der Waals surface area (Å²) in [7, 11) is 1.56. The SMILES string of the molecule is COc1ccc2[nH]c(=O)c(C3CC(=O)NC4=C3C(=O)OC4(C)C)cc2c1. The second kappa shape index (κ2) is 5.45. The molecule has 0 saturated heterocycles. The monoisotopic (exact) mass is 354 g/mol. The van der Waals surface area contributed by atoms with E-state index in [1.807, 2.05) is 0 Å². The number of amides is 1. The number of hydrogen-bond acceptors (Lipinski definition) is 5. The van der Waals surface area contributed by atoms with E-state index in [4.69, 9.17) is 9.47 Å². The molecule has 4 rings (SSSR count). The van der Waals surface area contributed by atoms with Crippen molar-refractivity contribution in [2.24, 2.45) is 0 Å². The molecule has 0 saturated carbocycles. The number of carbonyl (C=O) groups excluding carboxylic acids is 2. The van der Waals surface area contributed by atoms with E-state index in [9.17, 15) is 14.4 Å². The number of H-pyrrole nitrogens is 1. The smallest absolute Gasteiger partial charge is 0.337 e. The van der Waals surface area contributed by atoms with Crippen LogP contribution in [0.1, 0.15) is 31.7 Å². The Hall–Kier alpha value is -3.09. The van der Waals surface area contributed by atoms with Crippen LogP contribution in [0.5, 0.6) is 5.75 Å². The minimum Gasteiger partial charge on any atom is -0.497 e. The Morgan fingerprint density at radius 2 is 1.96 bits per heavy atom. The minimum atomic E-state index is -0.923. The number of esters is 1. The number of cyclic esters (lactones) is 1. The molecule has 7 nitrogen and oxygen atoms in total. The van der Waals surface area contributed by atoms with Crippen molar-refractivity contribution in [3.63, 3.8) is 0 Å². The van der Waals surface area contributed by atoms with Crippen LogP contribution in [0.25, 0.3) is 10.9 Å². The lowest BCUT2D eigenvalue weighted by molar-refractivity contribution is -0.144. The molecular weight excluding hydrogens is 336 g/mol. The first-order chi connectivity index (χ1) is 12.3. The molecule has 2 aliphatic rings.